The number of anilines is 1. The molecule has 5 nitrogen and oxygen atoms in total. The van der Waals surface area contributed by atoms with E-state index in [-0.39, 0.29) is 5.91 Å². The molecule has 1 aromatic rings. The molecule has 2 N–H and O–H groups in total. The molecule has 0 aliphatic carbocycles. The van der Waals surface area contributed by atoms with E-state index in [1.807, 2.05) is 0 Å². The maximum atomic E-state index is 12.3. The molecule has 19 heavy (non-hydrogen) atoms. The van der Waals surface area contributed by atoms with Gasteiger partial charge < -0.3 is 15.3 Å². The molecule has 0 saturated carbocycles. The van der Waals surface area contributed by atoms with Crippen LogP contribution in [-0.4, -0.2) is 46.6 Å². The van der Waals surface area contributed by atoms with Gasteiger partial charge in [0.2, 0.25) is 0 Å². The standard InChI is InChI=1S/C13H18ClN3O2/c1-2-4-15-12-6-10(11(14)7-16-12)13(19)17-5-3-9(18)8-17/h6-7,9,18H,2-5,8H2,1H3,(H,15,16). The molecule has 1 aliphatic heterocycles. The van der Waals surface area contributed by atoms with Crippen molar-refractivity contribution in [3.8, 4) is 0 Å². The van der Waals surface area contributed by atoms with Crippen LogP contribution >= 0.6 is 11.6 Å². The third kappa shape index (κ3) is 3.36. The summed E-state index contributed by atoms with van der Waals surface area (Å²) < 4.78 is 0. The highest BCUT2D eigenvalue weighted by Crippen LogP contribution is 2.22. The van der Waals surface area contributed by atoms with Gasteiger partial charge in [0.05, 0.1) is 16.7 Å². The third-order valence-electron chi connectivity index (χ3n) is 3.09. The number of rotatable bonds is 4. The fourth-order valence-electron chi connectivity index (χ4n) is 2.05. The van der Waals surface area contributed by atoms with Crippen molar-refractivity contribution in [1.82, 2.24) is 9.88 Å². The molecule has 6 heteroatoms. The maximum absolute atomic E-state index is 12.3. The molecule has 2 heterocycles. The van der Waals surface area contributed by atoms with Gasteiger partial charge in [0, 0.05) is 25.8 Å². The summed E-state index contributed by atoms with van der Waals surface area (Å²) >= 11 is 6.04. The Bertz CT molecular complexity index is 467. The molecule has 1 aromatic heterocycles. The lowest BCUT2D eigenvalue weighted by atomic mass is 10.2. The minimum Gasteiger partial charge on any atom is -0.391 e. The van der Waals surface area contributed by atoms with E-state index < -0.39 is 6.10 Å². The van der Waals surface area contributed by atoms with E-state index in [0.717, 1.165) is 13.0 Å². The predicted molar refractivity (Wildman–Crippen MR) is 74.6 cm³/mol. The third-order valence-corrected chi connectivity index (χ3v) is 3.39. The number of aliphatic hydroxyl groups excluding tert-OH is 1. The number of amides is 1. The number of hydrogen-bond acceptors (Lipinski definition) is 4. The van der Waals surface area contributed by atoms with Gasteiger partial charge >= 0.3 is 0 Å². The SMILES string of the molecule is CCCNc1cc(C(=O)N2CCC(O)C2)c(Cl)cn1. The summed E-state index contributed by atoms with van der Waals surface area (Å²) in [6, 6.07) is 1.67. The second-order valence-corrected chi connectivity index (χ2v) is 5.08. The van der Waals surface area contributed by atoms with Gasteiger partial charge in [0.1, 0.15) is 5.82 Å². The van der Waals surface area contributed by atoms with Crippen LogP contribution in [0.1, 0.15) is 30.1 Å². The number of aliphatic hydroxyl groups is 1. The van der Waals surface area contributed by atoms with Crippen molar-refractivity contribution in [1.29, 1.82) is 0 Å². The first-order valence-electron chi connectivity index (χ1n) is 6.48. The number of β-amino-alcohol motifs (C(OH)–C–C–N with tert-alkyl or cyclic N) is 1. The van der Waals surface area contributed by atoms with E-state index in [9.17, 15) is 9.90 Å². The van der Waals surface area contributed by atoms with E-state index in [1.165, 1.54) is 6.20 Å². The Morgan fingerprint density at radius 2 is 2.47 bits per heavy atom. The van der Waals surface area contributed by atoms with Crippen LogP contribution in [0.2, 0.25) is 5.02 Å². The van der Waals surface area contributed by atoms with Crippen molar-refractivity contribution in [3.05, 3.63) is 22.8 Å². The number of carbonyl (C=O) groups is 1. The number of halogens is 1. The molecule has 1 unspecified atom stereocenters. The van der Waals surface area contributed by atoms with Gasteiger partial charge in [-0.25, -0.2) is 4.98 Å². The smallest absolute Gasteiger partial charge is 0.255 e. The van der Waals surface area contributed by atoms with Crippen LogP contribution in [0.25, 0.3) is 0 Å². The van der Waals surface area contributed by atoms with Crippen LogP contribution in [0.4, 0.5) is 5.82 Å². The molecule has 1 atom stereocenters. The number of hydrogen-bond donors (Lipinski definition) is 2. The highest BCUT2D eigenvalue weighted by Gasteiger charge is 2.26. The van der Waals surface area contributed by atoms with Gasteiger partial charge in [-0.2, -0.15) is 0 Å². The zero-order valence-electron chi connectivity index (χ0n) is 10.9. The fourth-order valence-corrected chi connectivity index (χ4v) is 2.23. The second-order valence-electron chi connectivity index (χ2n) is 4.67. The molecule has 0 spiro atoms. The lowest BCUT2D eigenvalue weighted by Gasteiger charge is -2.17. The van der Waals surface area contributed by atoms with Crippen LogP contribution in [0.3, 0.4) is 0 Å². The average Bonchev–Trinajstić information content (AvgIpc) is 2.84. The summed E-state index contributed by atoms with van der Waals surface area (Å²) in [7, 11) is 0. The summed E-state index contributed by atoms with van der Waals surface area (Å²) in [5.74, 6) is 0.498. The molecule has 2 rings (SSSR count). The van der Waals surface area contributed by atoms with Gasteiger partial charge in [-0.3, -0.25) is 4.79 Å². The Kier molecular flexibility index (Phi) is 4.61. The zero-order chi connectivity index (χ0) is 13.8. The number of pyridine rings is 1. The Morgan fingerprint density at radius 3 is 3.11 bits per heavy atom. The predicted octanol–water partition coefficient (Wildman–Crippen LogP) is 1.76. The molecule has 1 fully saturated rings. The second kappa shape index (κ2) is 6.21. The van der Waals surface area contributed by atoms with Crippen molar-refractivity contribution >= 4 is 23.3 Å². The minimum atomic E-state index is -0.428. The number of nitrogens with zero attached hydrogens (tertiary/aromatic N) is 2. The Morgan fingerprint density at radius 1 is 1.68 bits per heavy atom. The van der Waals surface area contributed by atoms with Crippen molar-refractivity contribution in [2.24, 2.45) is 0 Å². The average molecular weight is 284 g/mol. The first-order chi connectivity index (χ1) is 9.11. The minimum absolute atomic E-state index is 0.150. The van der Waals surface area contributed by atoms with E-state index in [2.05, 4.69) is 17.2 Å². The van der Waals surface area contributed by atoms with Crippen LogP contribution in [-0.2, 0) is 0 Å². The molecule has 1 saturated heterocycles. The van der Waals surface area contributed by atoms with Gasteiger partial charge in [0.15, 0.2) is 0 Å². The topological polar surface area (TPSA) is 65.5 Å². The van der Waals surface area contributed by atoms with Crippen LogP contribution in [0.5, 0.6) is 0 Å². The van der Waals surface area contributed by atoms with Crippen LogP contribution in [0, 0.1) is 0 Å². The summed E-state index contributed by atoms with van der Waals surface area (Å²) in [6.07, 6.45) is 2.66. The largest absolute Gasteiger partial charge is 0.391 e. The normalized spacial score (nSPS) is 18.7. The Labute approximate surface area is 117 Å². The molecule has 1 aliphatic rings. The van der Waals surface area contributed by atoms with Gasteiger partial charge in [-0.05, 0) is 18.9 Å². The number of carbonyl (C=O) groups excluding carboxylic acids is 1. The summed E-state index contributed by atoms with van der Waals surface area (Å²) in [5.41, 5.74) is 0.435. The van der Waals surface area contributed by atoms with Gasteiger partial charge in [-0.1, -0.05) is 18.5 Å². The molecule has 104 valence electrons. The monoisotopic (exact) mass is 283 g/mol. The molecular weight excluding hydrogens is 266 g/mol. The van der Waals surface area contributed by atoms with E-state index in [0.29, 0.717) is 35.9 Å². The molecule has 1 amide bonds. The molecular formula is C13H18ClN3O2. The fraction of sp³-hybridized carbons (Fsp3) is 0.538. The summed E-state index contributed by atoms with van der Waals surface area (Å²) in [6.45, 7) is 3.79. The first kappa shape index (κ1) is 14.1. The number of likely N-dealkylation sites (tertiary alicyclic amines) is 1. The van der Waals surface area contributed by atoms with Crippen molar-refractivity contribution in [2.75, 3.05) is 25.0 Å². The highest BCUT2D eigenvalue weighted by atomic mass is 35.5. The van der Waals surface area contributed by atoms with Crippen LogP contribution in [0.15, 0.2) is 12.3 Å². The van der Waals surface area contributed by atoms with Crippen LogP contribution < -0.4 is 5.32 Å². The van der Waals surface area contributed by atoms with Crippen molar-refractivity contribution in [3.63, 3.8) is 0 Å². The zero-order valence-corrected chi connectivity index (χ0v) is 11.7. The summed E-state index contributed by atoms with van der Waals surface area (Å²) in [5, 5.41) is 13.0. The molecule has 0 radical (unpaired) electrons. The van der Waals surface area contributed by atoms with E-state index >= 15 is 0 Å². The Balaban J connectivity index is 2.15. The molecule has 0 aromatic carbocycles. The number of aromatic nitrogens is 1. The van der Waals surface area contributed by atoms with E-state index in [1.54, 1.807) is 11.0 Å². The van der Waals surface area contributed by atoms with Crippen molar-refractivity contribution < 1.29 is 9.90 Å². The Hall–Kier alpha value is -1.33. The highest BCUT2D eigenvalue weighted by molar-refractivity contribution is 6.33. The maximum Gasteiger partial charge on any atom is 0.255 e. The lowest BCUT2D eigenvalue weighted by molar-refractivity contribution is 0.0765. The van der Waals surface area contributed by atoms with Gasteiger partial charge in [-0.15, -0.1) is 0 Å². The van der Waals surface area contributed by atoms with E-state index in [4.69, 9.17) is 11.6 Å². The molecule has 0 bridgehead atoms. The summed E-state index contributed by atoms with van der Waals surface area (Å²) in [4.78, 5) is 18.1. The van der Waals surface area contributed by atoms with Crippen molar-refractivity contribution in [2.45, 2.75) is 25.9 Å². The number of nitrogens with one attached hydrogen (secondary N) is 1. The van der Waals surface area contributed by atoms with Gasteiger partial charge in [0.25, 0.3) is 5.91 Å². The first-order valence-corrected chi connectivity index (χ1v) is 6.86. The quantitative estimate of drug-likeness (QED) is 0.884. The lowest BCUT2D eigenvalue weighted by Crippen LogP contribution is -2.29.